The second-order valence-electron chi connectivity index (χ2n) is 22.5. The number of ether oxygens (including phenoxy) is 6. The number of Topliss-reactive ketones (excluding diaryl/α,β-unsaturated/α-hetero) is 1. The van der Waals surface area contributed by atoms with Gasteiger partial charge in [-0.15, -0.1) is 0 Å². The molecule has 1 aromatic carbocycles. The van der Waals surface area contributed by atoms with E-state index in [0.29, 0.717) is 25.9 Å². The van der Waals surface area contributed by atoms with Crippen molar-refractivity contribution in [2.45, 2.75) is 186 Å². The van der Waals surface area contributed by atoms with Crippen LogP contribution >= 0.6 is 0 Å². The number of hydrogen-bond donors (Lipinski definition) is 4. The number of piperidine rings is 1. The first-order valence-corrected chi connectivity index (χ1v) is 26.2. The summed E-state index contributed by atoms with van der Waals surface area (Å²) in [7, 11) is 0. The number of benzene rings is 1. The minimum Gasteiger partial charge on any atom is -0.467 e. The Morgan fingerprint density at radius 1 is 0.946 bits per heavy atom. The zero-order valence-electron chi connectivity index (χ0n) is 44.6. The van der Waals surface area contributed by atoms with Crippen LogP contribution in [0.4, 0.5) is 9.59 Å². The Kier molecular flexibility index (Phi) is 16.8. The van der Waals surface area contributed by atoms with E-state index in [1.54, 1.807) is 59.7 Å². The van der Waals surface area contributed by atoms with Crippen LogP contribution in [0.1, 0.15) is 143 Å². The first-order chi connectivity index (χ1) is 34.8. The van der Waals surface area contributed by atoms with Crippen LogP contribution in [0.3, 0.4) is 0 Å². The number of aliphatic hydroxyl groups excluding tert-OH is 2. The monoisotopic (exact) mass is 1040 g/mol. The Hall–Kier alpha value is -5.34. The minimum absolute atomic E-state index is 0.00676. The van der Waals surface area contributed by atoms with Gasteiger partial charge in [-0.1, -0.05) is 58.7 Å². The van der Waals surface area contributed by atoms with Gasteiger partial charge in [0, 0.05) is 44.3 Å². The maximum Gasteiger partial charge on any atom is 0.410 e. The Balaban J connectivity index is 1.36. The largest absolute Gasteiger partial charge is 0.467 e. The molecule has 2 aliphatic heterocycles. The molecule has 2 bridgehead atoms. The molecule has 2 amide bonds. The summed E-state index contributed by atoms with van der Waals surface area (Å²) in [6.07, 6.45) is -6.00. The summed E-state index contributed by atoms with van der Waals surface area (Å²) in [5.41, 5.74) is -8.84. The molecule has 2 saturated heterocycles. The Labute approximate surface area is 433 Å². The van der Waals surface area contributed by atoms with Crippen molar-refractivity contribution in [3.63, 3.8) is 0 Å². The van der Waals surface area contributed by atoms with Gasteiger partial charge in [-0.25, -0.2) is 19.2 Å². The number of nitrogens with one attached hydrogen (secondary N) is 1. The van der Waals surface area contributed by atoms with E-state index < -0.39 is 119 Å². The minimum atomic E-state index is -2.45. The highest BCUT2D eigenvalue weighted by Crippen LogP contribution is 2.64. The summed E-state index contributed by atoms with van der Waals surface area (Å²) < 4.78 is 42.3. The summed E-state index contributed by atoms with van der Waals surface area (Å²) >= 11 is 0. The third kappa shape index (κ3) is 10.7. The number of rotatable bonds is 16. The predicted molar refractivity (Wildman–Crippen MR) is 266 cm³/mol. The number of furan rings is 1. The second-order valence-corrected chi connectivity index (χ2v) is 22.5. The van der Waals surface area contributed by atoms with Crippen LogP contribution < -0.4 is 5.32 Å². The van der Waals surface area contributed by atoms with E-state index in [1.807, 2.05) is 0 Å². The maximum absolute atomic E-state index is 16.2. The molecule has 74 heavy (non-hydrogen) atoms. The van der Waals surface area contributed by atoms with Crippen LogP contribution in [-0.4, -0.2) is 153 Å². The van der Waals surface area contributed by atoms with Crippen molar-refractivity contribution in [2.24, 2.45) is 16.7 Å². The molecular formula is C55H77N3O16. The van der Waals surface area contributed by atoms with E-state index in [-0.39, 0.29) is 41.5 Å². The van der Waals surface area contributed by atoms with Crippen molar-refractivity contribution < 1.29 is 76.9 Å². The number of carbonyl (C=O) groups excluding carboxylic acids is 6. The molecule has 7 rings (SSSR count). The Bertz CT molecular complexity index is 2390. The maximum atomic E-state index is 16.2. The van der Waals surface area contributed by atoms with Gasteiger partial charge >= 0.3 is 30.1 Å². The number of hydrogen-bond acceptors (Lipinski definition) is 17. The van der Waals surface area contributed by atoms with Crippen molar-refractivity contribution >= 4 is 35.9 Å². The highest BCUT2D eigenvalue weighted by atomic mass is 16.6. The fourth-order valence-corrected chi connectivity index (χ4v) is 12.2. The molecule has 11 atom stereocenters. The van der Waals surface area contributed by atoms with Crippen molar-refractivity contribution in [3.8, 4) is 0 Å². The van der Waals surface area contributed by atoms with Crippen molar-refractivity contribution in [3.05, 3.63) is 71.2 Å². The Morgan fingerprint density at radius 2 is 1.59 bits per heavy atom. The lowest BCUT2D eigenvalue weighted by atomic mass is 9.44. The number of nitrogens with zero attached hydrogens (tertiary/aromatic N) is 2. The molecule has 1 unspecified atom stereocenters. The highest BCUT2D eigenvalue weighted by molar-refractivity contribution is 5.95. The number of fused-ring (bicyclic) bond motifs is 5. The van der Waals surface area contributed by atoms with Crippen molar-refractivity contribution in [2.75, 3.05) is 32.8 Å². The number of alkyl carbamates (subject to hydrolysis) is 1. The normalized spacial score (nSPS) is 30.6. The number of amides is 2. The van der Waals surface area contributed by atoms with Crippen LogP contribution in [0.15, 0.2) is 64.3 Å². The van der Waals surface area contributed by atoms with E-state index in [1.165, 1.54) is 49.3 Å². The molecule has 2 aromatic rings. The molecular weight excluding hydrogens is 959 g/mol. The molecule has 408 valence electrons. The fraction of sp³-hybridized carbons (Fsp3) is 0.673. The summed E-state index contributed by atoms with van der Waals surface area (Å²) in [6.45, 7) is 18.7. The van der Waals surface area contributed by atoms with Gasteiger partial charge in [0.05, 0.1) is 35.9 Å². The number of carbonyl (C=O) groups is 6. The first kappa shape index (κ1) is 56.4. The average Bonchev–Trinajstić information content (AvgIpc) is 3.89. The lowest BCUT2D eigenvalue weighted by Crippen LogP contribution is -2.82. The van der Waals surface area contributed by atoms with E-state index in [9.17, 15) is 39.3 Å². The Morgan fingerprint density at radius 3 is 2.15 bits per heavy atom. The predicted octanol–water partition coefficient (Wildman–Crippen LogP) is 6.36. The number of esters is 3. The van der Waals surface area contributed by atoms with Crippen LogP contribution in [0, 0.1) is 16.7 Å². The molecule has 1 aromatic heterocycles. The van der Waals surface area contributed by atoms with Gasteiger partial charge in [0.25, 0.3) is 0 Å². The molecule has 0 radical (unpaired) electrons. The van der Waals surface area contributed by atoms with Gasteiger partial charge in [0.2, 0.25) is 0 Å². The summed E-state index contributed by atoms with van der Waals surface area (Å²) in [6, 6.07) is 9.47. The molecule has 3 heterocycles. The van der Waals surface area contributed by atoms with Gasteiger partial charge in [-0.05, 0) is 109 Å². The molecule has 4 fully saturated rings. The molecule has 19 nitrogen and oxygen atoms in total. The lowest BCUT2D eigenvalue weighted by molar-refractivity contribution is -0.345. The van der Waals surface area contributed by atoms with Crippen LogP contribution in [0.5, 0.6) is 0 Å². The van der Waals surface area contributed by atoms with Crippen molar-refractivity contribution in [1.82, 2.24) is 15.1 Å². The third-order valence-corrected chi connectivity index (χ3v) is 16.3. The van der Waals surface area contributed by atoms with Crippen LogP contribution in [-0.2, 0) is 42.8 Å². The topological polar surface area (TPSA) is 250 Å². The van der Waals surface area contributed by atoms with Crippen LogP contribution in [0.25, 0.3) is 0 Å². The molecule has 3 aliphatic carbocycles. The van der Waals surface area contributed by atoms with Gasteiger partial charge in [0.1, 0.15) is 41.3 Å². The van der Waals surface area contributed by atoms with Crippen LogP contribution in [0.2, 0.25) is 0 Å². The third-order valence-electron chi connectivity index (χ3n) is 16.3. The summed E-state index contributed by atoms with van der Waals surface area (Å²) in [5.74, 6) is -5.51. The number of unbranched alkanes of at least 4 members (excludes halogenated alkanes) is 2. The van der Waals surface area contributed by atoms with Crippen molar-refractivity contribution in [1.29, 1.82) is 0 Å². The second kappa shape index (κ2) is 22.1. The SMILES string of the molecule is CCCCN(CCCC)C1CCN(C(=O)O[C@H]2C(=O)[C@@]3(C)C([C@H](OC(=O)c4ccccc4)[C@]4(O)C[C@H](OC(=O)[C@H](O)[C@H](NC(=O)OC(C)(C)C)c5ccco5)C(C)=C2C4(C)C)[C@]2(OC(C)=O)CO[C@@H]2C[C@@H]3O)CC1. The van der Waals surface area contributed by atoms with Gasteiger partial charge in [-0.3, -0.25) is 9.59 Å². The summed E-state index contributed by atoms with van der Waals surface area (Å²) in [4.78, 5) is 90.5. The molecule has 4 N–H and O–H groups in total. The van der Waals surface area contributed by atoms with Gasteiger partial charge in [0.15, 0.2) is 23.6 Å². The zero-order valence-corrected chi connectivity index (χ0v) is 44.6. The molecule has 0 spiro atoms. The van der Waals surface area contributed by atoms with Gasteiger partial charge < -0.3 is 63.3 Å². The number of likely N-dealkylation sites (tertiary alicyclic amines) is 1. The van der Waals surface area contributed by atoms with E-state index in [2.05, 4.69) is 24.1 Å². The average molecular weight is 1040 g/mol. The summed E-state index contributed by atoms with van der Waals surface area (Å²) in [5, 5.41) is 40.8. The quantitative estimate of drug-likeness (QED) is 0.0811. The first-order valence-electron chi connectivity index (χ1n) is 26.2. The number of ketones is 1. The smallest absolute Gasteiger partial charge is 0.410 e. The molecule has 2 saturated carbocycles. The van der Waals surface area contributed by atoms with E-state index in [0.717, 1.165) is 38.8 Å². The lowest BCUT2D eigenvalue weighted by Gasteiger charge is -2.67. The molecule has 19 heteroatoms. The number of aliphatic hydroxyl groups is 3. The standard InChI is InChI=1S/C55H77N3O16/c1-11-13-24-57(25-14-12-2)35-22-26-58(27-23-35)50(66)71-43-40-32(3)37(70-48(64)42(61)41(36-21-18-28-68-36)56-49(65)74-51(5,6)7)30-55(67,52(40,8)9)46(72-47(63)34-19-16-15-17-20-34)44-53(10,45(43)62)38(60)29-39-54(44,31-69-39)73-33(4)59/h15-21,28,35,37-39,41-44,46,60-61,67H,11-14,22-27,29-31H2,1-10H3,(H,56,65)/t37-,38-,39+,41+,42+,43+,44?,46-,53+,54-,55+/m0/s1. The zero-order chi connectivity index (χ0) is 54.1. The molecule has 5 aliphatic rings. The van der Waals surface area contributed by atoms with Gasteiger partial charge in [-0.2, -0.15) is 0 Å². The highest BCUT2D eigenvalue weighted by Gasteiger charge is 2.78. The van der Waals surface area contributed by atoms with E-state index in [4.69, 9.17) is 32.8 Å². The van der Waals surface area contributed by atoms with E-state index >= 15 is 4.79 Å². The fourth-order valence-electron chi connectivity index (χ4n) is 12.2.